The normalized spacial score (nSPS) is 16.1. The van der Waals surface area contributed by atoms with Crippen molar-refractivity contribution in [3.8, 4) is 0 Å². The highest BCUT2D eigenvalue weighted by Crippen LogP contribution is 2.24. The Morgan fingerprint density at radius 1 is 1.21 bits per heavy atom. The lowest BCUT2D eigenvalue weighted by Gasteiger charge is -2.37. The zero-order valence-electron chi connectivity index (χ0n) is 17.4. The van der Waals surface area contributed by atoms with E-state index in [-0.39, 0.29) is 29.6 Å². The molecule has 0 saturated carbocycles. The van der Waals surface area contributed by atoms with Crippen molar-refractivity contribution in [2.45, 2.75) is 53.0 Å². The van der Waals surface area contributed by atoms with E-state index in [2.05, 4.69) is 5.32 Å². The Morgan fingerprint density at radius 3 is 2.36 bits per heavy atom. The van der Waals surface area contributed by atoms with E-state index in [0.29, 0.717) is 32.6 Å². The van der Waals surface area contributed by atoms with E-state index in [1.165, 1.54) is 11.3 Å². The Hall–Kier alpha value is -1.89. The van der Waals surface area contributed by atoms with Gasteiger partial charge in [-0.3, -0.25) is 14.4 Å². The van der Waals surface area contributed by atoms with Gasteiger partial charge in [0.15, 0.2) is 0 Å². The molecule has 156 valence electrons. The lowest BCUT2D eigenvalue weighted by molar-refractivity contribution is -0.138. The summed E-state index contributed by atoms with van der Waals surface area (Å²) in [5.74, 6) is 0.276. The van der Waals surface area contributed by atoms with Gasteiger partial charge in [0.05, 0.1) is 4.88 Å². The quantitative estimate of drug-likeness (QED) is 0.720. The number of nitrogens with zero attached hydrogens (tertiary/aromatic N) is 2. The van der Waals surface area contributed by atoms with Crippen molar-refractivity contribution in [1.82, 2.24) is 15.1 Å². The number of hydrogen-bond acceptors (Lipinski definition) is 4. The van der Waals surface area contributed by atoms with Crippen LogP contribution in [0.15, 0.2) is 17.5 Å². The fourth-order valence-corrected chi connectivity index (χ4v) is 4.40. The molecule has 2 heterocycles. The highest BCUT2D eigenvalue weighted by molar-refractivity contribution is 7.12. The molecule has 3 amide bonds. The first-order valence-corrected chi connectivity index (χ1v) is 11.2. The number of piperidine rings is 1. The van der Waals surface area contributed by atoms with Gasteiger partial charge in [-0.2, -0.15) is 0 Å². The minimum absolute atomic E-state index is 0.00913. The van der Waals surface area contributed by atoms with Crippen molar-refractivity contribution >= 4 is 29.1 Å². The molecule has 0 radical (unpaired) electrons. The second-order valence-electron chi connectivity index (χ2n) is 7.76. The van der Waals surface area contributed by atoms with Crippen LogP contribution in [0.4, 0.5) is 0 Å². The van der Waals surface area contributed by atoms with Crippen molar-refractivity contribution in [2.24, 2.45) is 11.8 Å². The SMILES string of the molecule is CCN(CC)C(=O)[C@H](NC(=O)CC(C)C)C1CCN(C(=O)c2cccs2)CC1. The highest BCUT2D eigenvalue weighted by atomic mass is 32.1. The van der Waals surface area contributed by atoms with Crippen molar-refractivity contribution < 1.29 is 14.4 Å². The maximum Gasteiger partial charge on any atom is 0.263 e. The molecule has 1 aromatic heterocycles. The lowest BCUT2D eigenvalue weighted by Crippen LogP contribution is -2.54. The summed E-state index contributed by atoms with van der Waals surface area (Å²) in [4.78, 5) is 42.4. The van der Waals surface area contributed by atoms with Crippen LogP contribution in [-0.2, 0) is 9.59 Å². The summed E-state index contributed by atoms with van der Waals surface area (Å²) in [5, 5.41) is 4.91. The maximum atomic E-state index is 13.1. The van der Waals surface area contributed by atoms with Gasteiger partial charge in [-0.1, -0.05) is 19.9 Å². The molecule has 1 aromatic rings. The molecule has 1 saturated heterocycles. The van der Waals surface area contributed by atoms with Gasteiger partial charge in [-0.15, -0.1) is 11.3 Å². The molecule has 1 atom stereocenters. The number of amides is 3. The second kappa shape index (κ2) is 10.6. The van der Waals surface area contributed by atoms with E-state index in [1.54, 1.807) is 4.90 Å². The van der Waals surface area contributed by atoms with Crippen molar-refractivity contribution in [3.05, 3.63) is 22.4 Å². The van der Waals surface area contributed by atoms with E-state index in [4.69, 9.17) is 0 Å². The van der Waals surface area contributed by atoms with E-state index < -0.39 is 6.04 Å². The van der Waals surface area contributed by atoms with Gasteiger partial charge in [0.1, 0.15) is 6.04 Å². The van der Waals surface area contributed by atoms with Gasteiger partial charge in [-0.05, 0) is 50.0 Å². The standard InChI is InChI=1S/C21H33N3O3S/c1-5-23(6-2)21(27)19(22-18(25)14-15(3)4)16-9-11-24(12-10-16)20(26)17-8-7-13-28-17/h7-8,13,15-16,19H,5-6,9-12,14H2,1-4H3,(H,22,25)/t19-/m1/s1. The van der Waals surface area contributed by atoms with Crippen LogP contribution in [0.2, 0.25) is 0 Å². The molecule has 0 bridgehead atoms. The average Bonchev–Trinajstić information content (AvgIpc) is 3.21. The van der Waals surface area contributed by atoms with Gasteiger partial charge in [0.25, 0.3) is 5.91 Å². The Morgan fingerprint density at radius 2 is 1.86 bits per heavy atom. The molecule has 2 rings (SSSR count). The zero-order valence-corrected chi connectivity index (χ0v) is 18.3. The number of likely N-dealkylation sites (N-methyl/N-ethyl adjacent to an activating group) is 1. The molecule has 1 N–H and O–H groups in total. The maximum absolute atomic E-state index is 13.1. The predicted octanol–water partition coefficient (Wildman–Crippen LogP) is 3.00. The van der Waals surface area contributed by atoms with Gasteiger partial charge >= 0.3 is 0 Å². The number of hydrogen-bond donors (Lipinski definition) is 1. The van der Waals surface area contributed by atoms with Crippen LogP contribution in [-0.4, -0.2) is 59.7 Å². The Labute approximate surface area is 172 Å². The van der Waals surface area contributed by atoms with Crippen molar-refractivity contribution in [3.63, 3.8) is 0 Å². The van der Waals surface area contributed by atoms with Crippen LogP contribution in [0.1, 0.15) is 56.6 Å². The second-order valence-corrected chi connectivity index (χ2v) is 8.71. The summed E-state index contributed by atoms with van der Waals surface area (Å²) in [7, 11) is 0. The Kier molecular flexibility index (Phi) is 8.48. The first-order chi connectivity index (χ1) is 13.4. The Balaban J connectivity index is 2.05. The smallest absolute Gasteiger partial charge is 0.263 e. The molecule has 1 aliphatic heterocycles. The average molecular weight is 408 g/mol. The molecule has 0 unspecified atom stereocenters. The molecule has 0 aromatic carbocycles. The molecule has 1 fully saturated rings. The fraction of sp³-hybridized carbons (Fsp3) is 0.667. The largest absolute Gasteiger partial charge is 0.344 e. The predicted molar refractivity (Wildman–Crippen MR) is 112 cm³/mol. The molecule has 6 nitrogen and oxygen atoms in total. The number of carbonyl (C=O) groups is 3. The number of nitrogens with one attached hydrogen (secondary N) is 1. The van der Waals surface area contributed by atoms with Crippen molar-refractivity contribution in [1.29, 1.82) is 0 Å². The first kappa shape index (κ1) is 22.4. The van der Waals surface area contributed by atoms with Gasteiger partial charge in [0.2, 0.25) is 11.8 Å². The summed E-state index contributed by atoms with van der Waals surface area (Å²) < 4.78 is 0. The van der Waals surface area contributed by atoms with Crippen LogP contribution in [0.5, 0.6) is 0 Å². The van der Waals surface area contributed by atoms with Crippen LogP contribution in [0.25, 0.3) is 0 Å². The van der Waals surface area contributed by atoms with Crippen LogP contribution in [0.3, 0.4) is 0 Å². The van der Waals surface area contributed by atoms with E-state index in [0.717, 1.165) is 17.7 Å². The van der Waals surface area contributed by atoms with Crippen molar-refractivity contribution in [2.75, 3.05) is 26.2 Å². The van der Waals surface area contributed by atoms with Crippen LogP contribution < -0.4 is 5.32 Å². The third-order valence-corrected chi connectivity index (χ3v) is 6.14. The number of likely N-dealkylation sites (tertiary alicyclic amines) is 1. The lowest BCUT2D eigenvalue weighted by atomic mass is 9.88. The van der Waals surface area contributed by atoms with Crippen LogP contribution in [0, 0.1) is 11.8 Å². The minimum atomic E-state index is -0.509. The summed E-state index contributed by atoms with van der Waals surface area (Å²) >= 11 is 1.45. The molecular formula is C21H33N3O3S. The zero-order chi connectivity index (χ0) is 20.7. The molecule has 0 spiro atoms. The minimum Gasteiger partial charge on any atom is -0.344 e. The summed E-state index contributed by atoms with van der Waals surface area (Å²) in [6, 6.07) is 3.22. The molecule has 1 aliphatic rings. The van der Waals surface area contributed by atoms with E-state index in [1.807, 2.05) is 50.1 Å². The van der Waals surface area contributed by atoms with Gasteiger partial charge in [0, 0.05) is 32.6 Å². The molecule has 28 heavy (non-hydrogen) atoms. The fourth-order valence-electron chi connectivity index (χ4n) is 3.71. The van der Waals surface area contributed by atoms with Crippen LogP contribution >= 0.6 is 11.3 Å². The van der Waals surface area contributed by atoms with E-state index >= 15 is 0 Å². The first-order valence-electron chi connectivity index (χ1n) is 10.3. The monoisotopic (exact) mass is 407 g/mol. The molecule has 0 aliphatic carbocycles. The summed E-state index contributed by atoms with van der Waals surface area (Å²) in [6.07, 6.45) is 1.85. The van der Waals surface area contributed by atoms with E-state index in [9.17, 15) is 14.4 Å². The Bertz CT molecular complexity index is 648. The number of thiophene rings is 1. The number of rotatable bonds is 8. The summed E-state index contributed by atoms with van der Waals surface area (Å²) in [6.45, 7) is 10.4. The third-order valence-electron chi connectivity index (χ3n) is 5.28. The topological polar surface area (TPSA) is 69.7 Å². The molecule has 7 heteroatoms. The highest BCUT2D eigenvalue weighted by Gasteiger charge is 2.35. The summed E-state index contributed by atoms with van der Waals surface area (Å²) in [5.41, 5.74) is 0. The third kappa shape index (κ3) is 5.80. The molecular weight excluding hydrogens is 374 g/mol. The van der Waals surface area contributed by atoms with Gasteiger partial charge < -0.3 is 15.1 Å². The number of carbonyl (C=O) groups excluding carboxylic acids is 3. The van der Waals surface area contributed by atoms with Gasteiger partial charge in [-0.25, -0.2) is 0 Å².